The lowest BCUT2D eigenvalue weighted by Gasteiger charge is -2.15. The van der Waals surface area contributed by atoms with Crippen molar-refractivity contribution in [2.75, 3.05) is 10.6 Å². The normalized spacial score (nSPS) is 14.7. The van der Waals surface area contributed by atoms with E-state index in [1.165, 1.54) is 0 Å². The van der Waals surface area contributed by atoms with Crippen LogP contribution in [0.15, 0.2) is 79.1 Å². The number of rotatable bonds is 3. The van der Waals surface area contributed by atoms with Crippen LogP contribution >= 0.6 is 0 Å². The lowest BCUT2D eigenvalue weighted by Crippen LogP contribution is -2.10. The van der Waals surface area contributed by atoms with Crippen LogP contribution in [-0.2, 0) is 11.8 Å². The highest BCUT2D eigenvalue weighted by Crippen LogP contribution is 2.37. The minimum absolute atomic E-state index is 0.105. The summed E-state index contributed by atoms with van der Waals surface area (Å²) in [6.07, 6.45) is 1.80. The second kappa shape index (κ2) is 6.39. The molecule has 0 fully saturated rings. The van der Waals surface area contributed by atoms with Gasteiger partial charge in [0.1, 0.15) is 0 Å². The van der Waals surface area contributed by atoms with Gasteiger partial charge in [0.05, 0.1) is 28.6 Å². The van der Waals surface area contributed by atoms with Crippen molar-refractivity contribution in [1.82, 2.24) is 9.55 Å². The van der Waals surface area contributed by atoms with E-state index in [2.05, 4.69) is 15.6 Å². The van der Waals surface area contributed by atoms with Crippen LogP contribution in [0.2, 0.25) is 0 Å². The number of hydrogen-bond acceptors (Lipinski definition) is 3. The third-order valence-electron chi connectivity index (χ3n) is 4.98. The first-order chi connectivity index (χ1) is 13.7. The molecular formula is C23H18N4O. The number of para-hydroxylation sites is 1. The largest absolute Gasteiger partial charge is 0.354 e. The quantitative estimate of drug-likeness (QED) is 0.525. The number of benzene rings is 3. The molecule has 1 aliphatic heterocycles. The smallest absolute Gasteiger partial charge is 0.258 e. The first kappa shape index (κ1) is 16.3. The number of aryl methyl sites for hydroxylation is 1. The Hall–Kier alpha value is -3.86. The van der Waals surface area contributed by atoms with Gasteiger partial charge in [-0.2, -0.15) is 0 Å². The maximum Gasteiger partial charge on any atom is 0.258 e. The number of anilines is 2. The Balaban J connectivity index is 1.68. The van der Waals surface area contributed by atoms with Gasteiger partial charge in [0.25, 0.3) is 5.91 Å². The van der Waals surface area contributed by atoms with Crippen LogP contribution in [-0.4, -0.2) is 15.5 Å². The molecule has 1 aromatic heterocycles. The monoisotopic (exact) mass is 366 g/mol. The number of carbonyl (C=O) groups excluding carboxylic acids is 1. The molecule has 3 aromatic carbocycles. The van der Waals surface area contributed by atoms with Crippen molar-refractivity contribution in [3.8, 4) is 0 Å². The molecule has 5 heteroatoms. The fraction of sp³-hybridized carbons (Fsp3) is 0.0435. The minimum Gasteiger partial charge on any atom is -0.354 e. The molecular weight excluding hydrogens is 348 g/mol. The van der Waals surface area contributed by atoms with Gasteiger partial charge in [-0.1, -0.05) is 48.5 Å². The van der Waals surface area contributed by atoms with E-state index in [0.29, 0.717) is 5.57 Å². The van der Waals surface area contributed by atoms with Crippen molar-refractivity contribution in [2.24, 2.45) is 7.05 Å². The molecule has 2 heterocycles. The van der Waals surface area contributed by atoms with E-state index in [0.717, 1.165) is 39.2 Å². The van der Waals surface area contributed by atoms with Gasteiger partial charge in [0.15, 0.2) is 0 Å². The first-order valence-corrected chi connectivity index (χ1v) is 9.09. The standard InChI is InChI=1S/C23H18N4O/c1-27-14-24-19-13-16(11-12-20(19)27)25-22(15-7-3-2-4-8-15)21-17-9-5-6-10-18(17)26-23(21)28/h2-14,25H,1H3,(H,26,28)/b22-21-. The molecule has 0 spiro atoms. The van der Waals surface area contributed by atoms with Crippen LogP contribution in [0.3, 0.4) is 0 Å². The molecule has 0 aliphatic carbocycles. The van der Waals surface area contributed by atoms with E-state index in [-0.39, 0.29) is 5.91 Å². The highest BCUT2D eigenvalue weighted by Gasteiger charge is 2.28. The average Bonchev–Trinajstić information content (AvgIpc) is 3.26. The Bertz CT molecular complexity index is 1240. The summed E-state index contributed by atoms with van der Waals surface area (Å²) in [6.45, 7) is 0. The Labute approximate surface area is 162 Å². The van der Waals surface area contributed by atoms with Gasteiger partial charge in [-0.15, -0.1) is 0 Å². The second-order valence-electron chi connectivity index (χ2n) is 6.80. The number of aromatic nitrogens is 2. The molecule has 1 amide bonds. The van der Waals surface area contributed by atoms with Gasteiger partial charge >= 0.3 is 0 Å². The summed E-state index contributed by atoms with van der Waals surface area (Å²) >= 11 is 0. The Kier molecular flexibility index (Phi) is 3.72. The predicted octanol–water partition coefficient (Wildman–Crippen LogP) is 4.51. The van der Waals surface area contributed by atoms with E-state index in [1.54, 1.807) is 6.33 Å². The molecule has 0 atom stereocenters. The molecule has 5 rings (SSSR count). The third-order valence-corrected chi connectivity index (χ3v) is 4.98. The van der Waals surface area contributed by atoms with Crippen molar-refractivity contribution in [1.29, 1.82) is 0 Å². The van der Waals surface area contributed by atoms with E-state index in [9.17, 15) is 4.79 Å². The molecule has 0 radical (unpaired) electrons. The summed E-state index contributed by atoms with van der Waals surface area (Å²) in [5.74, 6) is -0.105. The van der Waals surface area contributed by atoms with E-state index >= 15 is 0 Å². The number of nitrogens with zero attached hydrogens (tertiary/aromatic N) is 2. The molecule has 1 aliphatic rings. The van der Waals surface area contributed by atoms with Gasteiger partial charge in [0.2, 0.25) is 0 Å². The number of amides is 1. The summed E-state index contributed by atoms with van der Waals surface area (Å²) in [6, 6.07) is 23.7. The minimum atomic E-state index is -0.105. The molecule has 2 N–H and O–H groups in total. The zero-order chi connectivity index (χ0) is 19.1. The zero-order valence-corrected chi connectivity index (χ0v) is 15.3. The molecule has 0 saturated heterocycles. The van der Waals surface area contributed by atoms with Crippen molar-refractivity contribution >= 4 is 39.6 Å². The summed E-state index contributed by atoms with van der Waals surface area (Å²) in [7, 11) is 1.97. The van der Waals surface area contributed by atoms with Gasteiger partial charge in [-0.05, 0) is 29.8 Å². The fourth-order valence-electron chi connectivity index (χ4n) is 3.61. The number of nitrogens with one attached hydrogen (secondary N) is 2. The molecule has 0 bridgehead atoms. The summed E-state index contributed by atoms with van der Waals surface area (Å²) < 4.78 is 1.98. The topological polar surface area (TPSA) is 59.0 Å². The first-order valence-electron chi connectivity index (χ1n) is 9.09. The molecule has 0 unspecified atom stereocenters. The molecule has 28 heavy (non-hydrogen) atoms. The van der Waals surface area contributed by atoms with Crippen molar-refractivity contribution in [3.63, 3.8) is 0 Å². The Morgan fingerprint density at radius 3 is 2.64 bits per heavy atom. The average molecular weight is 366 g/mol. The van der Waals surface area contributed by atoms with Crippen molar-refractivity contribution < 1.29 is 4.79 Å². The Morgan fingerprint density at radius 2 is 1.79 bits per heavy atom. The second-order valence-corrected chi connectivity index (χ2v) is 6.80. The maximum atomic E-state index is 12.8. The van der Waals surface area contributed by atoms with Crippen molar-refractivity contribution in [2.45, 2.75) is 0 Å². The molecule has 136 valence electrons. The number of hydrogen-bond donors (Lipinski definition) is 2. The number of fused-ring (bicyclic) bond motifs is 2. The molecule has 4 aromatic rings. The highest BCUT2D eigenvalue weighted by atomic mass is 16.2. The van der Waals surface area contributed by atoms with Gasteiger partial charge in [-0.3, -0.25) is 4.79 Å². The Morgan fingerprint density at radius 1 is 1.00 bits per heavy atom. The van der Waals surface area contributed by atoms with Gasteiger partial charge < -0.3 is 15.2 Å². The summed E-state index contributed by atoms with van der Waals surface area (Å²) in [5.41, 5.74) is 6.95. The van der Waals surface area contributed by atoms with Crippen LogP contribution in [0, 0.1) is 0 Å². The van der Waals surface area contributed by atoms with Crippen LogP contribution in [0.25, 0.3) is 22.3 Å². The van der Waals surface area contributed by atoms with Crippen LogP contribution in [0.1, 0.15) is 11.1 Å². The zero-order valence-electron chi connectivity index (χ0n) is 15.3. The number of imidazole rings is 1. The molecule has 0 saturated carbocycles. The highest BCUT2D eigenvalue weighted by molar-refractivity contribution is 6.37. The maximum absolute atomic E-state index is 12.8. The van der Waals surface area contributed by atoms with Crippen molar-refractivity contribution in [3.05, 3.63) is 90.3 Å². The van der Waals surface area contributed by atoms with Crippen LogP contribution < -0.4 is 10.6 Å². The van der Waals surface area contributed by atoms with Gasteiger partial charge in [-0.25, -0.2) is 4.98 Å². The molecule has 5 nitrogen and oxygen atoms in total. The SMILES string of the molecule is Cn1cnc2cc(N/C(=C3\C(=O)Nc4ccccc43)c3ccccc3)ccc21. The van der Waals surface area contributed by atoms with E-state index in [4.69, 9.17) is 0 Å². The van der Waals surface area contributed by atoms with Crippen LogP contribution in [0.4, 0.5) is 11.4 Å². The van der Waals surface area contributed by atoms with E-state index in [1.807, 2.05) is 84.4 Å². The van der Waals surface area contributed by atoms with E-state index < -0.39 is 0 Å². The third kappa shape index (κ3) is 2.65. The fourth-order valence-corrected chi connectivity index (χ4v) is 3.61. The van der Waals surface area contributed by atoms with Gasteiger partial charge in [0, 0.05) is 24.0 Å². The number of carbonyl (C=O) groups is 1. The lowest BCUT2D eigenvalue weighted by molar-refractivity contribution is -0.110. The van der Waals surface area contributed by atoms with Crippen LogP contribution in [0.5, 0.6) is 0 Å². The summed E-state index contributed by atoms with van der Waals surface area (Å²) in [4.78, 5) is 17.3. The summed E-state index contributed by atoms with van der Waals surface area (Å²) in [5, 5.41) is 6.44. The predicted molar refractivity (Wildman–Crippen MR) is 113 cm³/mol. The lowest BCUT2D eigenvalue weighted by atomic mass is 10.00.